The molecule has 1 fully saturated rings. The number of hydrogen-bond acceptors (Lipinski definition) is 6. The molecule has 7 nitrogen and oxygen atoms in total. The number of carbonyl (C=O) groups is 2. The summed E-state index contributed by atoms with van der Waals surface area (Å²) >= 11 is 0. The highest BCUT2D eigenvalue weighted by atomic mass is 16.5. The maximum atomic E-state index is 13.6. The first kappa shape index (κ1) is 23.6. The third kappa shape index (κ3) is 4.60. The lowest BCUT2D eigenvalue weighted by Crippen LogP contribution is -2.39. The van der Waals surface area contributed by atoms with E-state index in [4.69, 9.17) is 14.2 Å². The van der Waals surface area contributed by atoms with Crippen molar-refractivity contribution >= 4 is 11.7 Å². The van der Waals surface area contributed by atoms with Crippen molar-refractivity contribution in [1.29, 1.82) is 0 Å². The van der Waals surface area contributed by atoms with Gasteiger partial charge in [0.1, 0.15) is 6.10 Å². The molecular formula is C26H35NO6. The summed E-state index contributed by atoms with van der Waals surface area (Å²) in [7, 11) is 0. The second-order valence-electron chi connectivity index (χ2n) is 9.45. The van der Waals surface area contributed by atoms with Gasteiger partial charge in [-0.05, 0) is 56.2 Å². The van der Waals surface area contributed by atoms with E-state index < -0.39 is 6.04 Å². The van der Waals surface area contributed by atoms with E-state index in [2.05, 4.69) is 13.8 Å². The lowest BCUT2D eigenvalue weighted by Gasteiger charge is -2.35. The number of fused-ring (bicyclic) bond motifs is 1. The van der Waals surface area contributed by atoms with E-state index in [1.54, 1.807) is 4.90 Å². The number of aliphatic hydroxyl groups is 1. The van der Waals surface area contributed by atoms with Crippen LogP contribution >= 0.6 is 0 Å². The molecule has 33 heavy (non-hydrogen) atoms. The minimum absolute atomic E-state index is 0.00922. The summed E-state index contributed by atoms with van der Waals surface area (Å²) in [5, 5.41) is 9.66. The van der Waals surface area contributed by atoms with Crippen molar-refractivity contribution < 1.29 is 28.9 Å². The predicted octanol–water partition coefficient (Wildman–Crippen LogP) is 3.80. The number of rotatable bonds is 9. The number of β-amino-alcohol motifs (C(OH)–C–C–N with tert-alkyl or cyclic N) is 1. The minimum atomic E-state index is -0.598. The maximum absolute atomic E-state index is 13.6. The normalized spacial score (nSPS) is 24.6. The summed E-state index contributed by atoms with van der Waals surface area (Å²) in [5.41, 5.74) is 1.18. The molecule has 3 aliphatic rings. The Kier molecular flexibility index (Phi) is 7.27. The summed E-state index contributed by atoms with van der Waals surface area (Å²) in [6.45, 7) is 7.18. The van der Waals surface area contributed by atoms with E-state index in [0.29, 0.717) is 36.2 Å². The van der Waals surface area contributed by atoms with E-state index >= 15 is 0 Å². The fourth-order valence-electron chi connectivity index (χ4n) is 5.06. The molecule has 0 radical (unpaired) electrons. The second kappa shape index (κ2) is 10.2. The summed E-state index contributed by atoms with van der Waals surface area (Å²) < 4.78 is 18.0. The molecule has 1 saturated carbocycles. The Balaban J connectivity index is 1.70. The molecule has 1 aromatic carbocycles. The molecular weight excluding hydrogens is 422 g/mol. The largest absolute Gasteiger partial charge is 0.490 e. The van der Waals surface area contributed by atoms with Crippen molar-refractivity contribution in [3.05, 3.63) is 35.1 Å². The first-order chi connectivity index (χ1) is 16.0. The van der Waals surface area contributed by atoms with Crippen molar-refractivity contribution in [3.63, 3.8) is 0 Å². The molecule has 3 unspecified atom stereocenters. The van der Waals surface area contributed by atoms with Crippen LogP contribution in [0.3, 0.4) is 0 Å². The number of amides is 1. The molecule has 0 aromatic heterocycles. The van der Waals surface area contributed by atoms with Crippen molar-refractivity contribution in [3.8, 4) is 11.5 Å². The number of ketones is 1. The van der Waals surface area contributed by atoms with Crippen molar-refractivity contribution in [2.45, 2.75) is 65.0 Å². The molecule has 0 bridgehead atoms. The van der Waals surface area contributed by atoms with Gasteiger partial charge in [0.05, 0.1) is 37.4 Å². The van der Waals surface area contributed by atoms with Crippen LogP contribution in [-0.2, 0) is 14.3 Å². The van der Waals surface area contributed by atoms with Crippen LogP contribution in [0.15, 0.2) is 29.5 Å². The van der Waals surface area contributed by atoms with Crippen molar-refractivity contribution in [1.82, 2.24) is 4.90 Å². The van der Waals surface area contributed by atoms with Gasteiger partial charge in [-0.3, -0.25) is 9.59 Å². The van der Waals surface area contributed by atoms with E-state index in [1.165, 1.54) is 0 Å². The van der Waals surface area contributed by atoms with Crippen LogP contribution in [0.2, 0.25) is 0 Å². The standard InChI is InChI=1S/C26H35NO6/c1-4-31-21-15-17(9-10-20(21)32-14-11-16(2)3)23-22-24(29)18-7-5-6-8-19(18)33-25(22)26(30)27(23)12-13-28/h9-10,15-16,18-19,23,28H,4-8,11-14H2,1-3H3. The fraction of sp³-hybridized carbons (Fsp3) is 0.615. The smallest absolute Gasteiger partial charge is 0.290 e. The molecule has 0 saturated heterocycles. The molecule has 7 heteroatoms. The maximum Gasteiger partial charge on any atom is 0.290 e. The minimum Gasteiger partial charge on any atom is -0.490 e. The van der Waals surface area contributed by atoms with E-state index in [1.807, 2.05) is 25.1 Å². The molecule has 1 N–H and O–H groups in total. The monoisotopic (exact) mass is 457 g/mol. The van der Waals surface area contributed by atoms with Crippen LogP contribution in [-0.4, -0.2) is 54.2 Å². The molecule has 1 amide bonds. The number of aliphatic hydroxyl groups excluding tert-OH is 1. The molecule has 2 heterocycles. The van der Waals surface area contributed by atoms with Gasteiger partial charge in [0.2, 0.25) is 0 Å². The Labute approximate surface area is 195 Å². The van der Waals surface area contributed by atoms with Gasteiger partial charge in [0.15, 0.2) is 23.0 Å². The molecule has 4 rings (SSSR count). The molecule has 180 valence electrons. The summed E-state index contributed by atoms with van der Waals surface area (Å²) in [6, 6.07) is 4.98. The number of ether oxygens (including phenoxy) is 3. The zero-order valence-corrected chi connectivity index (χ0v) is 19.8. The van der Waals surface area contributed by atoms with Gasteiger partial charge in [-0.25, -0.2) is 0 Å². The van der Waals surface area contributed by atoms with E-state index in [0.717, 1.165) is 37.7 Å². The van der Waals surface area contributed by atoms with Gasteiger partial charge in [-0.15, -0.1) is 0 Å². The van der Waals surface area contributed by atoms with Crippen LogP contribution in [0.4, 0.5) is 0 Å². The predicted molar refractivity (Wildman–Crippen MR) is 123 cm³/mol. The molecule has 3 atom stereocenters. The fourth-order valence-corrected chi connectivity index (χ4v) is 5.06. The van der Waals surface area contributed by atoms with Crippen LogP contribution in [0, 0.1) is 11.8 Å². The summed E-state index contributed by atoms with van der Waals surface area (Å²) in [6.07, 6.45) is 4.29. The van der Waals surface area contributed by atoms with Gasteiger partial charge in [0, 0.05) is 6.54 Å². The first-order valence-corrected chi connectivity index (χ1v) is 12.2. The van der Waals surface area contributed by atoms with Crippen LogP contribution < -0.4 is 9.47 Å². The van der Waals surface area contributed by atoms with Gasteiger partial charge in [-0.2, -0.15) is 0 Å². The first-order valence-electron chi connectivity index (χ1n) is 12.2. The average molecular weight is 458 g/mol. The Hall–Kier alpha value is -2.54. The van der Waals surface area contributed by atoms with Gasteiger partial charge < -0.3 is 24.2 Å². The average Bonchev–Trinajstić information content (AvgIpc) is 3.07. The topological polar surface area (TPSA) is 85.3 Å². The van der Waals surface area contributed by atoms with Gasteiger partial charge in [-0.1, -0.05) is 26.3 Å². The lowest BCUT2D eigenvalue weighted by molar-refractivity contribution is -0.135. The quantitative estimate of drug-likeness (QED) is 0.607. The Bertz CT molecular complexity index is 923. The van der Waals surface area contributed by atoms with Crippen LogP contribution in [0.1, 0.15) is 64.5 Å². The molecule has 2 aliphatic heterocycles. The Morgan fingerprint density at radius 2 is 1.94 bits per heavy atom. The summed E-state index contributed by atoms with van der Waals surface area (Å²) in [5.74, 6) is 1.41. The number of carbonyl (C=O) groups excluding carboxylic acids is 2. The number of Topliss-reactive ketones (excluding diaryl/α,β-unsaturated/α-hetero) is 1. The van der Waals surface area contributed by atoms with Gasteiger partial charge in [0.25, 0.3) is 5.91 Å². The highest BCUT2D eigenvalue weighted by Gasteiger charge is 2.51. The Morgan fingerprint density at radius 1 is 1.15 bits per heavy atom. The molecule has 1 aliphatic carbocycles. The third-order valence-electron chi connectivity index (χ3n) is 6.74. The van der Waals surface area contributed by atoms with Crippen molar-refractivity contribution in [2.75, 3.05) is 26.4 Å². The zero-order valence-electron chi connectivity index (χ0n) is 19.8. The second-order valence-corrected chi connectivity index (χ2v) is 9.45. The van der Waals surface area contributed by atoms with E-state index in [9.17, 15) is 14.7 Å². The number of nitrogens with zero attached hydrogens (tertiary/aromatic N) is 1. The van der Waals surface area contributed by atoms with E-state index in [-0.39, 0.29) is 42.6 Å². The zero-order chi connectivity index (χ0) is 23.5. The van der Waals surface area contributed by atoms with Crippen LogP contribution in [0.25, 0.3) is 0 Å². The molecule has 1 aromatic rings. The summed E-state index contributed by atoms with van der Waals surface area (Å²) in [4.78, 5) is 28.4. The third-order valence-corrected chi connectivity index (χ3v) is 6.74. The highest BCUT2D eigenvalue weighted by molar-refractivity contribution is 6.11. The number of hydrogen-bond donors (Lipinski definition) is 1. The highest BCUT2D eigenvalue weighted by Crippen LogP contribution is 2.47. The lowest BCUT2D eigenvalue weighted by atomic mass is 9.77. The number of benzene rings is 1. The van der Waals surface area contributed by atoms with Gasteiger partial charge >= 0.3 is 0 Å². The SMILES string of the molecule is CCOc1cc(C2C3=C(OC4CCCCC4C3=O)C(=O)N2CCO)ccc1OCCC(C)C. The van der Waals surface area contributed by atoms with Crippen LogP contribution in [0.5, 0.6) is 11.5 Å². The molecule has 0 spiro atoms. The Morgan fingerprint density at radius 3 is 2.67 bits per heavy atom. The van der Waals surface area contributed by atoms with Crippen molar-refractivity contribution in [2.24, 2.45) is 11.8 Å².